The quantitative estimate of drug-likeness (QED) is 0.261. The van der Waals surface area contributed by atoms with Crippen molar-refractivity contribution in [2.24, 2.45) is 0 Å². The van der Waals surface area contributed by atoms with Gasteiger partial charge in [-0.05, 0) is 29.8 Å². The van der Waals surface area contributed by atoms with Gasteiger partial charge in [-0.2, -0.15) is 5.10 Å². The lowest BCUT2D eigenvalue weighted by atomic mass is 10.2. The van der Waals surface area contributed by atoms with E-state index in [9.17, 15) is 22.4 Å². The fourth-order valence-corrected chi connectivity index (χ4v) is 3.86. The number of hydrogen-bond donors (Lipinski definition) is 1. The zero-order valence-corrected chi connectivity index (χ0v) is 19.5. The summed E-state index contributed by atoms with van der Waals surface area (Å²) in [5.41, 5.74) is -1.11. The van der Waals surface area contributed by atoms with Crippen molar-refractivity contribution in [2.45, 2.75) is 25.9 Å². The molecule has 15 heteroatoms. The van der Waals surface area contributed by atoms with Crippen LogP contribution in [0.1, 0.15) is 46.1 Å². The summed E-state index contributed by atoms with van der Waals surface area (Å²) in [6.07, 6.45) is -4.91. The van der Waals surface area contributed by atoms with Crippen LogP contribution in [0, 0.1) is 0 Å². The van der Waals surface area contributed by atoms with Gasteiger partial charge in [0.05, 0.1) is 18.1 Å². The molecule has 8 nitrogen and oxygen atoms in total. The lowest BCUT2D eigenvalue weighted by Crippen LogP contribution is -2.13. The van der Waals surface area contributed by atoms with Gasteiger partial charge < -0.3 is 4.42 Å². The van der Waals surface area contributed by atoms with Crippen molar-refractivity contribution in [1.82, 2.24) is 24.5 Å². The third-order valence-electron chi connectivity index (χ3n) is 4.67. The number of carbonyl (C=O) groups excluding carboxylic acids is 1. The molecule has 0 spiro atoms. The molecule has 1 aromatic carbocycles. The molecule has 0 saturated heterocycles. The molecule has 4 rings (SSSR count). The first-order chi connectivity index (χ1) is 16.6. The van der Waals surface area contributed by atoms with Crippen molar-refractivity contribution in [3.63, 3.8) is 0 Å². The second kappa shape index (κ2) is 10.3. The third kappa shape index (κ3) is 5.60. The number of alkyl halides is 4. The van der Waals surface area contributed by atoms with Crippen LogP contribution in [0.25, 0.3) is 0 Å². The van der Waals surface area contributed by atoms with Gasteiger partial charge in [0.25, 0.3) is 18.8 Å². The van der Waals surface area contributed by atoms with E-state index in [-0.39, 0.29) is 24.0 Å². The molecule has 0 radical (unpaired) electrons. The van der Waals surface area contributed by atoms with Crippen LogP contribution in [-0.4, -0.2) is 30.5 Å². The van der Waals surface area contributed by atoms with Gasteiger partial charge in [-0.15, -0.1) is 5.10 Å². The Morgan fingerprint density at radius 3 is 2.49 bits per heavy atom. The number of benzene rings is 1. The Kier molecular flexibility index (Phi) is 7.33. The molecule has 3 heterocycles. The predicted octanol–water partition coefficient (Wildman–Crippen LogP) is 6.25. The van der Waals surface area contributed by atoms with Gasteiger partial charge in [0.1, 0.15) is 23.5 Å². The van der Waals surface area contributed by atoms with Crippen molar-refractivity contribution < 1.29 is 26.8 Å². The fraction of sp³-hybridized carbons (Fsp3) is 0.200. The third-order valence-corrected chi connectivity index (χ3v) is 5.64. The molecule has 1 N–H and O–H groups in total. The maximum absolute atomic E-state index is 13.3. The zero-order chi connectivity index (χ0) is 25.3. The molecule has 0 fully saturated rings. The van der Waals surface area contributed by atoms with E-state index in [1.807, 2.05) is 0 Å². The van der Waals surface area contributed by atoms with Crippen LogP contribution in [0.3, 0.4) is 0 Å². The summed E-state index contributed by atoms with van der Waals surface area (Å²) >= 11 is 17.7. The Morgan fingerprint density at radius 1 is 1.03 bits per heavy atom. The minimum absolute atomic E-state index is 0.00732. The van der Waals surface area contributed by atoms with Crippen molar-refractivity contribution in [2.75, 3.05) is 5.32 Å². The molecular weight excluding hydrogens is 539 g/mol. The Morgan fingerprint density at radius 2 is 1.80 bits per heavy atom. The standard InChI is InChI=1S/C20H13Cl3F4N6O2/c21-10-2-1-9(12(22)5-10)6-32-8-28-20(31-32)29-19(34)13-4-3-11(35-13)7-33-16(18(26)27)14(23)15(30-33)17(24)25/h1-5,8,17-18H,6-7H2,(H,29,31,34). The Labute approximate surface area is 209 Å². The SMILES string of the molecule is O=C(Nc1ncn(Cc2ccc(Cl)cc2Cl)n1)c1ccc(Cn2nc(C(F)F)c(Cl)c2C(F)F)o1. The Hall–Kier alpha value is -3.09. The molecule has 0 atom stereocenters. The minimum Gasteiger partial charge on any atom is -0.454 e. The monoisotopic (exact) mass is 550 g/mol. The smallest absolute Gasteiger partial charge is 0.293 e. The highest BCUT2D eigenvalue weighted by atomic mass is 35.5. The maximum Gasteiger partial charge on any atom is 0.293 e. The highest BCUT2D eigenvalue weighted by Crippen LogP contribution is 2.35. The number of rotatable bonds is 8. The number of halogens is 7. The number of anilines is 1. The molecule has 0 aliphatic heterocycles. The van der Waals surface area contributed by atoms with E-state index < -0.39 is 41.7 Å². The fourth-order valence-electron chi connectivity index (χ4n) is 3.09. The van der Waals surface area contributed by atoms with Gasteiger partial charge >= 0.3 is 0 Å². The van der Waals surface area contributed by atoms with Crippen LogP contribution < -0.4 is 5.32 Å². The highest BCUT2D eigenvalue weighted by Gasteiger charge is 2.28. The first-order valence-electron chi connectivity index (χ1n) is 9.68. The number of nitrogens with one attached hydrogen (secondary N) is 1. The number of furan rings is 1. The van der Waals surface area contributed by atoms with Crippen molar-refractivity contribution in [3.8, 4) is 0 Å². The second-order valence-electron chi connectivity index (χ2n) is 7.07. The molecule has 184 valence electrons. The van der Waals surface area contributed by atoms with Crippen molar-refractivity contribution in [3.05, 3.63) is 80.2 Å². The zero-order valence-electron chi connectivity index (χ0n) is 17.2. The van der Waals surface area contributed by atoms with Gasteiger partial charge in [-0.3, -0.25) is 14.8 Å². The Bertz CT molecular complexity index is 1370. The van der Waals surface area contributed by atoms with Crippen LogP contribution in [0.4, 0.5) is 23.5 Å². The average molecular weight is 552 g/mol. The van der Waals surface area contributed by atoms with E-state index in [1.165, 1.54) is 23.1 Å². The average Bonchev–Trinajstić information content (AvgIpc) is 3.49. The molecule has 4 aromatic rings. The second-order valence-corrected chi connectivity index (χ2v) is 8.29. The number of amides is 1. The van der Waals surface area contributed by atoms with Crippen LogP contribution in [0.15, 0.2) is 41.1 Å². The van der Waals surface area contributed by atoms with Gasteiger partial charge in [0.15, 0.2) is 5.76 Å². The summed E-state index contributed by atoms with van der Waals surface area (Å²) in [6, 6.07) is 7.58. The van der Waals surface area contributed by atoms with E-state index in [1.54, 1.807) is 18.2 Å². The van der Waals surface area contributed by atoms with E-state index in [0.29, 0.717) is 14.7 Å². The first-order valence-corrected chi connectivity index (χ1v) is 10.8. The highest BCUT2D eigenvalue weighted by molar-refractivity contribution is 6.35. The van der Waals surface area contributed by atoms with E-state index in [0.717, 1.165) is 5.56 Å². The number of aromatic nitrogens is 5. The predicted molar refractivity (Wildman–Crippen MR) is 119 cm³/mol. The molecule has 0 unspecified atom stereocenters. The number of hydrogen-bond acceptors (Lipinski definition) is 5. The molecular formula is C20H13Cl3F4N6O2. The summed E-state index contributed by atoms with van der Waals surface area (Å²) < 4.78 is 60.0. The summed E-state index contributed by atoms with van der Waals surface area (Å²) in [4.78, 5) is 16.5. The van der Waals surface area contributed by atoms with Crippen molar-refractivity contribution >= 4 is 46.7 Å². The van der Waals surface area contributed by atoms with Gasteiger partial charge in [-0.25, -0.2) is 27.2 Å². The lowest BCUT2D eigenvalue weighted by molar-refractivity contribution is 0.0993. The summed E-state index contributed by atoms with van der Waals surface area (Å²) in [7, 11) is 0. The molecule has 3 aromatic heterocycles. The molecule has 0 aliphatic carbocycles. The number of carbonyl (C=O) groups is 1. The van der Waals surface area contributed by atoms with Crippen LogP contribution in [-0.2, 0) is 13.1 Å². The molecule has 0 aliphatic rings. The lowest BCUT2D eigenvalue weighted by Gasteiger charge is -2.05. The largest absolute Gasteiger partial charge is 0.454 e. The van der Waals surface area contributed by atoms with Crippen LogP contribution in [0.2, 0.25) is 15.1 Å². The van der Waals surface area contributed by atoms with E-state index in [4.69, 9.17) is 39.2 Å². The van der Waals surface area contributed by atoms with Crippen LogP contribution in [0.5, 0.6) is 0 Å². The van der Waals surface area contributed by atoms with Gasteiger partial charge in [0.2, 0.25) is 5.95 Å². The van der Waals surface area contributed by atoms with Gasteiger partial charge in [-0.1, -0.05) is 40.9 Å². The summed E-state index contributed by atoms with van der Waals surface area (Å²) in [6.45, 7) is -0.183. The Balaban J connectivity index is 1.44. The topological polar surface area (TPSA) is 90.8 Å². The molecule has 0 saturated carbocycles. The first kappa shape index (κ1) is 25.0. The molecule has 35 heavy (non-hydrogen) atoms. The van der Waals surface area contributed by atoms with Crippen LogP contribution >= 0.6 is 34.8 Å². The summed E-state index contributed by atoms with van der Waals surface area (Å²) in [5, 5.41) is 10.1. The van der Waals surface area contributed by atoms with Gasteiger partial charge in [0, 0.05) is 10.0 Å². The van der Waals surface area contributed by atoms with E-state index in [2.05, 4.69) is 20.5 Å². The molecule has 0 bridgehead atoms. The maximum atomic E-state index is 13.3. The van der Waals surface area contributed by atoms with E-state index >= 15 is 0 Å². The minimum atomic E-state index is -3.15. The number of nitrogens with zero attached hydrogens (tertiary/aromatic N) is 5. The normalized spacial score (nSPS) is 11.6. The summed E-state index contributed by atoms with van der Waals surface area (Å²) in [5.74, 6) is -0.936. The molecule has 1 amide bonds. The van der Waals surface area contributed by atoms with Crippen molar-refractivity contribution in [1.29, 1.82) is 0 Å².